The summed E-state index contributed by atoms with van der Waals surface area (Å²) < 4.78 is 20.5. The van der Waals surface area contributed by atoms with E-state index >= 15 is 0 Å². The quantitative estimate of drug-likeness (QED) is 0.660. The van der Waals surface area contributed by atoms with Crippen LogP contribution in [0.15, 0.2) is 48.5 Å². The number of piperidine rings is 1. The minimum Gasteiger partial charge on any atom is -0.478 e. The molecule has 1 aromatic heterocycles. The van der Waals surface area contributed by atoms with Crippen molar-refractivity contribution >= 4 is 27.5 Å². The van der Waals surface area contributed by atoms with Crippen LogP contribution < -0.4 is 4.74 Å². The van der Waals surface area contributed by atoms with Gasteiger partial charge in [-0.2, -0.15) is 0 Å². The van der Waals surface area contributed by atoms with Gasteiger partial charge >= 0.3 is 0 Å². The molecule has 2 aromatic carbocycles. The minimum atomic E-state index is -0.707. The molecule has 2 heterocycles. The summed E-state index contributed by atoms with van der Waals surface area (Å²) in [6.45, 7) is 3.02. The summed E-state index contributed by atoms with van der Waals surface area (Å²) in [4.78, 5) is 19.2. The number of hydrogen-bond donors (Lipinski definition) is 0. The largest absolute Gasteiger partial charge is 0.478 e. The van der Waals surface area contributed by atoms with Crippen molar-refractivity contribution in [3.05, 3.63) is 59.4 Å². The standard InChI is InChI=1S/C21H21FN2O2S/c1-14(26-18-8-4-2-6-16(18)22)21(25)24-12-10-15(11-13-24)20-23-17-7-3-5-9-19(17)27-20/h2-9,14-15H,10-13H2,1H3/t14-/m0/s1. The summed E-state index contributed by atoms with van der Waals surface area (Å²) in [5.74, 6) is -0.0512. The number of carbonyl (C=O) groups excluding carboxylic acids is 1. The molecule has 1 amide bonds. The van der Waals surface area contributed by atoms with Crippen LogP contribution in [0.1, 0.15) is 30.7 Å². The molecular formula is C21H21FN2O2S. The molecule has 1 aliphatic heterocycles. The van der Waals surface area contributed by atoms with E-state index in [-0.39, 0.29) is 11.7 Å². The van der Waals surface area contributed by atoms with Crippen LogP contribution in [0.2, 0.25) is 0 Å². The van der Waals surface area contributed by atoms with Gasteiger partial charge in [-0.3, -0.25) is 4.79 Å². The molecule has 0 N–H and O–H groups in total. The number of fused-ring (bicyclic) bond motifs is 1. The molecule has 0 aliphatic carbocycles. The Balaban J connectivity index is 1.36. The number of hydrogen-bond acceptors (Lipinski definition) is 4. The Labute approximate surface area is 161 Å². The maximum absolute atomic E-state index is 13.7. The topological polar surface area (TPSA) is 42.4 Å². The van der Waals surface area contributed by atoms with Gasteiger partial charge in [0.1, 0.15) is 0 Å². The van der Waals surface area contributed by atoms with Crippen LogP contribution >= 0.6 is 11.3 Å². The molecule has 1 atom stereocenters. The molecule has 0 bridgehead atoms. The summed E-state index contributed by atoms with van der Waals surface area (Å²) in [5.41, 5.74) is 1.04. The molecule has 0 saturated carbocycles. The number of rotatable bonds is 4. The van der Waals surface area contributed by atoms with Gasteiger partial charge in [-0.1, -0.05) is 24.3 Å². The second kappa shape index (κ2) is 7.64. The van der Waals surface area contributed by atoms with Crippen molar-refractivity contribution in [1.82, 2.24) is 9.88 Å². The Morgan fingerprint density at radius 1 is 1.19 bits per heavy atom. The lowest BCUT2D eigenvalue weighted by Gasteiger charge is -2.32. The van der Waals surface area contributed by atoms with Crippen molar-refractivity contribution in [3.8, 4) is 5.75 Å². The van der Waals surface area contributed by atoms with E-state index in [1.807, 2.05) is 23.1 Å². The number of thiazole rings is 1. The molecule has 6 heteroatoms. The Morgan fingerprint density at radius 2 is 1.89 bits per heavy atom. The summed E-state index contributed by atoms with van der Waals surface area (Å²) in [6.07, 6.45) is 1.07. The highest BCUT2D eigenvalue weighted by molar-refractivity contribution is 7.18. The highest BCUT2D eigenvalue weighted by Gasteiger charge is 2.29. The van der Waals surface area contributed by atoms with Crippen LogP contribution in [0.25, 0.3) is 10.2 Å². The van der Waals surface area contributed by atoms with Gasteiger partial charge in [-0.25, -0.2) is 9.37 Å². The number of likely N-dealkylation sites (tertiary alicyclic amines) is 1. The molecule has 4 nitrogen and oxygen atoms in total. The number of benzene rings is 2. The van der Waals surface area contributed by atoms with Crippen molar-refractivity contribution in [3.63, 3.8) is 0 Å². The first kappa shape index (κ1) is 17.9. The monoisotopic (exact) mass is 384 g/mol. The van der Waals surface area contributed by atoms with Gasteiger partial charge in [0.05, 0.1) is 15.2 Å². The minimum absolute atomic E-state index is 0.0963. The summed E-state index contributed by atoms with van der Waals surface area (Å²) in [6, 6.07) is 14.3. The number of carbonyl (C=O) groups is 1. The van der Waals surface area contributed by atoms with Crippen molar-refractivity contribution in [1.29, 1.82) is 0 Å². The van der Waals surface area contributed by atoms with Crippen LogP contribution in [-0.2, 0) is 4.79 Å². The first-order chi connectivity index (χ1) is 13.1. The molecule has 140 valence electrons. The summed E-state index contributed by atoms with van der Waals surface area (Å²) >= 11 is 1.74. The zero-order chi connectivity index (χ0) is 18.8. The van der Waals surface area contributed by atoms with Crippen LogP contribution in [0.3, 0.4) is 0 Å². The molecule has 1 saturated heterocycles. The number of para-hydroxylation sites is 2. The van der Waals surface area contributed by atoms with Gasteiger partial charge < -0.3 is 9.64 Å². The second-order valence-corrected chi connectivity index (χ2v) is 7.87. The highest BCUT2D eigenvalue weighted by Crippen LogP contribution is 2.34. The molecular weight excluding hydrogens is 363 g/mol. The fourth-order valence-electron chi connectivity index (χ4n) is 3.45. The maximum atomic E-state index is 13.7. The van der Waals surface area contributed by atoms with Gasteiger partial charge in [-0.15, -0.1) is 11.3 Å². The van der Waals surface area contributed by atoms with E-state index in [4.69, 9.17) is 9.72 Å². The zero-order valence-corrected chi connectivity index (χ0v) is 15.9. The third-order valence-corrected chi connectivity index (χ3v) is 6.15. The summed E-state index contributed by atoms with van der Waals surface area (Å²) in [5, 5.41) is 1.15. The smallest absolute Gasteiger partial charge is 0.263 e. The highest BCUT2D eigenvalue weighted by atomic mass is 32.1. The predicted molar refractivity (Wildman–Crippen MR) is 105 cm³/mol. The zero-order valence-electron chi connectivity index (χ0n) is 15.1. The molecule has 1 fully saturated rings. The molecule has 4 rings (SSSR count). The fraction of sp³-hybridized carbons (Fsp3) is 0.333. The Kier molecular flexibility index (Phi) is 5.07. The van der Waals surface area contributed by atoms with Crippen LogP contribution in [0, 0.1) is 5.82 Å². The number of aromatic nitrogens is 1. The Hall–Kier alpha value is -2.47. The molecule has 3 aromatic rings. The van der Waals surface area contributed by atoms with Crippen LogP contribution in [-0.4, -0.2) is 35.0 Å². The normalized spacial score (nSPS) is 16.4. The third kappa shape index (κ3) is 3.81. The van der Waals surface area contributed by atoms with Gasteiger partial charge in [0.25, 0.3) is 5.91 Å². The second-order valence-electron chi connectivity index (χ2n) is 6.81. The Morgan fingerprint density at radius 3 is 2.63 bits per heavy atom. The maximum Gasteiger partial charge on any atom is 0.263 e. The lowest BCUT2D eigenvalue weighted by Crippen LogP contribution is -2.44. The average molecular weight is 384 g/mol. The Bertz CT molecular complexity index is 917. The van der Waals surface area contributed by atoms with E-state index in [0.717, 1.165) is 23.4 Å². The van der Waals surface area contributed by atoms with E-state index < -0.39 is 11.9 Å². The molecule has 1 aliphatic rings. The SMILES string of the molecule is C[C@H](Oc1ccccc1F)C(=O)N1CCC(c2nc3ccccc3s2)CC1. The van der Waals surface area contributed by atoms with Gasteiger partial charge in [0, 0.05) is 19.0 Å². The fourth-order valence-corrected chi connectivity index (χ4v) is 4.59. The number of halogens is 1. The first-order valence-corrected chi connectivity index (χ1v) is 9.99. The summed E-state index contributed by atoms with van der Waals surface area (Å²) in [7, 11) is 0. The van der Waals surface area contributed by atoms with Crippen molar-refractivity contribution in [2.24, 2.45) is 0 Å². The van der Waals surface area contributed by atoms with Crippen molar-refractivity contribution in [2.45, 2.75) is 31.8 Å². The molecule has 0 radical (unpaired) electrons. The molecule has 0 unspecified atom stereocenters. The van der Waals surface area contributed by atoms with Crippen LogP contribution in [0.4, 0.5) is 4.39 Å². The lowest BCUT2D eigenvalue weighted by molar-refractivity contribution is -0.139. The van der Waals surface area contributed by atoms with Crippen molar-refractivity contribution in [2.75, 3.05) is 13.1 Å². The predicted octanol–water partition coefficient (Wildman–Crippen LogP) is 4.61. The molecule has 27 heavy (non-hydrogen) atoms. The first-order valence-electron chi connectivity index (χ1n) is 9.17. The van der Waals surface area contributed by atoms with E-state index in [0.29, 0.717) is 19.0 Å². The van der Waals surface area contributed by atoms with Gasteiger partial charge in [0.15, 0.2) is 17.7 Å². The number of nitrogens with zero attached hydrogens (tertiary/aromatic N) is 2. The lowest BCUT2D eigenvalue weighted by atomic mass is 9.97. The van der Waals surface area contributed by atoms with E-state index in [1.54, 1.807) is 36.5 Å². The van der Waals surface area contributed by atoms with E-state index in [9.17, 15) is 9.18 Å². The van der Waals surface area contributed by atoms with Crippen LogP contribution in [0.5, 0.6) is 5.75 Å². The average Bonchev–Trinajstić information content (AvgIpc) is 3.13. The van der Waals surface area contributed by atoms with Gasteiger partial charge in [0.2, 0.25) is 0 Å². The van der Waals surface area contributed by atoms with Gasteiger partial charge in [-0.05, 0) is 44.0 Å². The van der Waals surface area contributed by atoms with E-state index in [2.05, 4.69) is 6.07 Å². The van der Waals surface area contributed by atoms with E-state index in [1.165, 1.54) is 10.8 Å². The molecule has 0 spiro atoms. The number of ether oxygens (including phenoxy) is 1. The number of amides is 1. The van der Waals surface area contributed by atoms with Crippen molar-refractivity contribution < 1.29 is 13.9 Å². The third-order valence-electron chi connectivity index (χ3n) is 4.95.